The van der Waals surface area contributed by atoms with E-state index in [0.29, 0.717) is 16.9 Å². The van der Waals surface area contributed by atoms with Crippen molar-refractivity contribution in [3.63, 3.8) is 0 Å². The maximum Gasteiger partial charge on any atom is 0.255 e. The summed E-state index contributed by atoms with van der Waals surface area (Å²) >= 11 is 3.41. The van der Waals surface area contributed by atoms with Gasteiger partial charge in [-0.2, -0.15) is 0 Å². The second kappa shape index (κ2) is 7.10. The lowest BCUT2D eigenvalue weighted by Crippen LogP contribution is -2.13. The Morgan fingerprint density at radius 1 is 1.10 bits per heavy atom. The Hall–Kier alpha value is -1.81. The van der Waals surface area contributed by atoms with Gasteiger partial charge in [0.2, 0.25) is 0 Å². The van der Waals surface area contributed by atoms with Crippen molar-refractivity contribution in [2.45, 2.75) is 12.8 Å². The van der Waals surface area contributed by atoms with Gasteiger partial charge in [-0.25, -0.2) is 0 Å². The summed E-state index contributed by atoms with van der Waals surface area (Å²) in [5, 5.41) is 3.81. The van der Waals surface area contributed by atoms with Crippen LogP contribution in [-0.2, 0) is 6.42 Å². The zero-order chi connectivity index (χ0) is 14.4. The first-order valence-electron chi connectivity index (χ1n) is 6.51. The van der Waals surface area contributed by atoms with Gasteiger partial charge >= 0.3 is 0 Å². The number of hydrogen-bond acceptors (Lipinski definition) is 2. The number of nitrogen functional groups attached to an aromatic ring is 1. The highest BCUT2D eigenvalue weighted by Crippen LogP contribution is 2.18. The summed E-state index contributed by atoms with van der Waals surface area (Å²) in [6.45, 7) is 0. The van der Waals surface area contributed by atoms with Crippen LogP contribution in [-0.4, -0.2) is 11.2 Å². The van der Waals surface area contributed by atoms with E-state index in [-0.39, 0.29) is 5.91 Å². The predicted molar refractivity (Wildman–Crippen MR) is 87.4 cm³/mol. The third-order valence-corrected chi connectivity index (χ3v) is 3.58. The van der Waals surface area contributed by atoms with Crippen LogP contribution >= 0.6 is 15.9 Å². The van der Waals surface area contributed by atoms with Crippen molar-refractivity contribution in [3.8, 4) is 0 Å². The number of benzene rings is 2. The second-order valence-corrected chi connectivity index (χ2v) is 5.32. The molecule has 0 fully saturated rings. The van der Waals surface area contributed by atoms with Crippen molar-refractivity contribution in [1.82, 2.24) is 0 Å². The van der Waals surface area contributed by atoms with E-state index in [1.807, 2.05) is 36.4 Å². The number of amides is 1. The molecule has 0 bridgehead atoms. The van der Waals surface area contributed by atoms with Crippen molar-refractivity contribution < 1.29 is 4.79 Å². The summed E-state index contributed by atoms with van der Waals surface area (Å²) in [5.74, 6) is -0.144. The van der Waals surface area contributed by atoms with Gasteiger partial charge in [-0.1, -0.05) is 40.2 Å². The van der Waals surface area contributed by atoms with E-state index in [4.69, 9.17) is 5.73 Å². The molecule has 0 radical (unpaired) electrons. The number of anilines is 2. The maximum atomic E-state index is 12.1. The molecule has 2 aromatic rings. The highest BCUT2D eigenvalue weighted by Gasteiger charge is 2.07. The van der Waals surface area contributed by atoms with Crippen LogP contribution in [0, 0.1) is 0 Å². The fourth-order valence-electron chi connectivity index (χ4n) is 1.90. The highest BCUT2D eigenvalue weighted by atomic mass is 79.9. The minimum absolute atomic E-state index is 0.144. The number of hydrogen-bond donors (Lipinski definition) is 2. The average Bonchev–Trinajstić information content (AvgIpc) is 2.48. The number of nitrogens with one attached hydrogen (secondary N) is 1. The molecule has 0 saturated carbocycles. The van der Waals surface area contributed by atoms with Crippen LogP contribution in [0.1, 0.15) is 22.3 Å². The Labute approximate surface area is 127 Å². The number of aryl methyl sites for hydroxylation is 1. The van der Waals surface area contributed by atoms with Crippen molar-refractivity contribution >= 4 is 33.2 Å². The van der Waals surface area contributed by atoms with Crippen molar-refractivity contribution in [3.05, 3.63) is 59.7 Å². The van der Waals surface area contributed by atoms with E-state index in [2.05, 4.69) is 21.2 Å². The quantitative estimate of drug-likeness (QED) is 0.645. The SMILES string of the molecule is Nc1ccccc1NC(=O)c1ccc(CCCBr)cc1. The van der Waals surface area contributed by atoms with Gasteiger partial charge in [0.15, 0.2) is 0 Å². The van der Waals surface area contributed by atoms with Gasteiger partial charge in [-0.15, -0.1) is 0 Å². The maximum absolute atomic E-state index is 12.1. The fourth-order valence-corrected chi connectivity index (χ4v) is 2.18. The molecule has 0 saturated heterocycles. The number of carbonyl (C=O) groups excluding carboxylic acids is 1. The summed E-state index contributed by atoms with van der Waals surface area (Å²) in [5.41, 5.74) is 8.88. The molecule has 0 heterocycles. The van der Waals surface area contributed by atoms with Crippen molar-refractivity contribution in [2.24, 2.45) is 0 Å². The number of alkyl halides is 1. The molecule has 0 atom stereocenters. The van der Waals surface area contributed by atoms with E-state index in [1.165, 1.54) is 5.56 Å². The summed E-state index contributed by atoms with van der Waals surface area (Å²) < 4.78 is 0. The zero-order valence-corrected chi connectivity index (χ0v) is 12.7. The molecule has 104 valence electrons. The first kappa shape index (κ1) is 14.6. The molecule has 0 unspecified atom stereocenters. The molecule has 1 amide bonds. The minimum Gasteiger partial charge on any atom is -0.397 e. The normalized spacial score (nSPS) is 10.2. The van der Waals surface area contributed by atoms with E-state index < -0.39 is 0 Å². The monoisotopic (exact) mass is 332 g/mol. The molecule has 4 heteroatoms. The third kappa shape index (κ3) is 3.84. The molecule has 3 nitrogen and oxygen atoms in total. The van der Waals surface area contributed by atoms with Crippen LogP contribution in [0.2, 0.25) is 0 Å². The molecule has 0 aliphatic heterocycles. The Balaban J connectivity index is 2.04. The number of halogens is 1. The lowest BCUT2D eigenvalue weighted by molar-refractivity contribution is 0.102. The molecule has 0 spiro atoms. The molecule has 0 aliphatic rings. The molecule has 3 N–H and O–H groups in total. The summed E-state index contributed by atoms with van der Waals surface area (Å²) in [6.07, 6.45) is 2.10. The third-order valence-electron chi connectivity index (χ3n) is 3.02. The van der Waals surface area contributed by atoms with Gasteiger partial charge in [0.1, 0.15) is 0 Å². The molecular formula is C16H17BrN2O. The lowest BCUT2D eigenvalue weighted by atomic mass is 10.1. The highest BCUT2D eigenvalue weighted by molar-refractivity contribution is 9.09. The van der Waals surface area contributed by atoms with Gasteiger partial charge in [0.05, 0.1) is 11.4 Å². The van der Waals surface area contributed by atoms with Crippen LogP contribution in [0.15, 0.2) is 48.5 Å². The van der Waals surface area contributed by atoms with E-state index in [9.17, 15) is 4.79 Å². The number of para-hydroxylation sites is 2. The van der Waals surface area contributed by atoms with E-state index in [0.717, 1.165) is 18.2 Å². The van der Waals surface area contributed by atoms with Crippen LogP contribution in [0.5, 0.6) is 0 Å². The number of rotatable bonds is 5. The largest absolute Gasteiger partial charge is 0.397 e. The lowest BCUT2D eigenvalue weighted by Gasteiger charge is -2.08. The van der Waals surface area contributed by atoms with Crippen molar-refractivity contribution in [1.29, 1.82) is 0 Å². The van der Waals surface area contributed by atoms with Crippen LogP contribution in [0.4, 0.5) is 11.4 Å². The molecule has 20 heavy (non-hydrogen) atoms. The fraction of sp³-hybridized carbons (Fsp3) is 0.188. The van der Waals surface area contributed by atoms with Gasteiger partial charge in [-0.05, 0) is 42.7 Å². The zero-order valence-electron chi connectivity index (χ0n) is 11.1. The van der Waals surface area contributed by atoms with Gasteiger partial charge < -0.3 is 11.1 Å². The van der Waals surface area contributed by atoms with Crippen LogP contribution in [0.25, 0.3) is 0 Å². The van der Waals surface area contributed by atoms with E-state index in [1.54, 1.807) is 12.1 Å². The first-order valence-corrected chi connectivity index (χ1v) is 7.63. The molecule has 0 aliphatic carbocycles. The smallest absolute Gasteiger partial charge is 0.255 e. The Kier molecular flexibility index (Phi) is 5.18. The number of nitrogens with two attached hydrogens (primary N) is 1. The van der Waals surface area contributed by atoms with Crippen LogP contribution in [0.3, 0.4) is 0 Å². The Morgan fingerprint density at radius 3 is 2.45 bits per heavy atom. The van der Waals surface area contributed by atoms with Gasteiger partial charge in [0.25, 0.3) is 5.91 Å². The molecular weight excluding hydrogens is 316 g/mol. The van der Waals surface area contributed by atoms with Gasteiger partial charge in [-0.3, -0.25) is 4.79 Å². The molecule has 2 aromatic carbocycles. The standard InChI is InChI=1S/C16H17BrN2O/c17-11-3-4-12-7-9-13(10-8-12)16(20)19-15-6-2-1-5-14(15)18/h1-2,5-10H,3-4,11,18H2,(H,19,20). The molecule has 2 rings (SSSR count). The molecule has 0 aromatic heterocycles. The predicted octanol–water partition coefficient (Wildman–Crippen LogP) is 3.85. The van der Waals surface area contributed by atoms with Gasteiger partial charge in [0, 0.05) is 10.9 Å². The second-order valence-electron chi connectivity index (χ2n) is 4.53. The summed E-state index contributed by atoms with van der Waals surface area (Å²) in [7, 11) is 0. The van der Waals surface area contributed by atoms with E-state index >= 15 is 0 Å². The average molecular weight is 333 g/mol. The van der Waals surface area contributed by atoms with Crippen molar-refractivity contribution in [2.75, 3.05) is 16.4 Å². The first-order chi connectivity index (χ1) is 9.70. The van der Waals surface area contributed by atoms with Crippen LogP contribution < -0.4 is 11.1 Å². The summed E-state index contributed by atoms with van der Waals surface area (Å²) in [4.78, 5) is 12.1. The summed E-state index contributed by atoms with van der Waals surface area (Å²) in [6, 6.07) is 14.9. The Morgan fingerprint density at radius 2 is 1.80 bits per heavy atom. The minimum atomic E-state index is -0.144. The number of carbonyl (C=O) groups is 1. The Bertz CT molecular complexity index is 581. The topological polar surface area (TPSA) is 55.1 Å².